The van der Waals surface area contributed by atoms with Crippen molar-refractivity contribution in [3.8, 4) is 5.75 Å². The lowest BCUT2D eigenvalue weighted by Gasteiger charge is -2.08. The molecule has 0 saturated heterocycles. The zero-order chi connectivity index (χ0) is 13.8. The molecular formula is C13H8Br3NO2. The number of carbonyl (C=O) groups excluding carboxylic acids is 1. The van der Waals surface area contributed by atoms with Crippen LogP contribution in [0, 0.1) is 0 Å². The van der Waals surface area contributed by atoms with Gasteiger partial charge in [-0.05, 0) is 42.5 Å². The van der Waals surface area contributed by atoms with Crippen molar-refractivity contribution < 1.29 is 8.62 Å². The molecule has 2 aromatic carbocycles. The standard InChI is InChI=1S/C13H8Br3NO2/c14-8-1-4-10(5-2-8)17-13(18)11-7-9(15)3-6-12(11)19-16/h1-7H,(H,17,18). The van der Waals surface area contributed by atoms with Crippen LogP contribution in [0.15, 0.2) is 51.4 Å². The first-order chi connectivity index (χ1) is 9.10. The number of hydrogen-bond donors (Lipinski definition) is 1. The van der Waals surface area contributed by atoms with E-state index in [0.29, 0.717) is 17.0 Å². The van der Waals surface area contributed by atoms with Crippen molar-refractivity contribution in [2.24, 2.45) is 0 Å². The first-order valence-corrected chi connectivity index (χ1v) is 7.48. The summed E-state index contributed by atoms with van der Waals surface area (Å²) in [5.74, 6) is 0.218. The van der Waals surface area contributed by atoms with Crippen LogP contribution in [0.1, 0.15) is 10.4 Å². The summed E-state index contributed by atoms with van der Waals surface area (Å²) in [5, 5.41) is 2.81. The molecule has 0 atom stereocenters. The maximum atomic E-state index is 12.2. The molecule has 1 N–H and O–H groups in total. The van der Waals surface area contributed by atoms with Crippen molar-refractivity contribution in [1.29, 1.82) is 0 Å². The highest BCUT2D eigenvalue weighted by atomic mass is 79.9. The Labute approximate surface area is 136 Å². The fourth-order valence-corrected chi connectivity index (χ4v) is 2.39. The first kappa shape index (κ1) is 14.6. The quantitative estimate of drug-likeness (QED) is 0.703. The summed E-state index contributed by atoms with van der Waals surface area (Å²) in [4.78, 5) is 12.2. The average molecular weight is 450 g/mol. The second-order valence-corrected chi connectivity index (χ2v) is 5.83. The van der Waals surface area contributed by atoms with Gasteiger partial charge in [0.05, 0.1) is 5.56 Å². The third kappa shape index (κ3) is 3.81. The number of nitrogens with one attached hydrogen (secondary N) is 1. The third-order valence-electron chi connectivity index (χ3n) is 2.37. The number of benzene rings is 2. The lowest BCUT2D eigenvalue weighted by Crippen LogP contribution is -2.12. The van der Waals surface area contributed by atoms with E-state index >= 15 is 0 Å². The van der Waals surface area contributed by atoms with Gasteiger partial charge in [-0.15, -0.1) is 0 Å². The Hall–Kier alpha value is -0.850. The summed E-state index contributed by atoms with van der Waals surface area (Å²) in [6.45, 7) is 0. The maximum Gasteiger partial charge on any atom is 0.259 e. The molecule has 0 bridgehead atoms. The van der Waals surface area contributed by atoms with Gasteiger partial charge in [-0.25, -0.2) is 0 Å². The molecule has 0 aliphatic carbocycles. The molecule has 6 heteroatoms. The van der Waals surface area contributed by atoms with Crippen LogP contribution in [-0.2, 0) is 0 Å². The Morgan fingerprint density at radius 3 is 2.26 bits per heavy atom. The molecular weight excluding hydrogens is 442 g/mol. The van der Waals surface area contributed by atoms with Gasteiger partial charge in [0.2, 0.25) is 0 Å². The molecule has 0 heterocycles. The van der Waals surface area contributed by atoms with E-state index in [1.165, 1.54) is 0 Å². The molecule has 0 aromatic heterocycles. The molecule has 0 unspecified atom stereocenters. The molecule has 0 saturated carbocycles. The highest BCUT2D eigenvalue weighted by Crippen LogP contribution is 2.25. The summed E-state index contributed by atoms with van der Waals surface area (Å²) in [6.07, 6.45) is 0. The average Bonchev–Trinajstić information content (AvgIpc) is 2.41. The minimum absolute atomic E-state index is 0.238. The molecule has 0 spiro atoms. The van der Waals surface area contributed by atoms with E-state index in [1.807, 2.05) is 24.3 Å². The van der Waals surface area contributed by atoms with Crippen LogP contribution in [0.25, 0.3) is 0 Å². The van der Waals surface area contributed by atoms with E-state index in [-0.39, 0.29) is 5.91 Å². The van der Waals surface area contributed by atoms with Crippen molar-refractivity contribution >= 4 is 59.7 Å². The van der Waals surface area contributed by atoms with Crippen molar-refractivity contribution in [3.05, 3.63) is 57.0 Å². The fourth-order valence-electron chi connectivity index (χ4n) is 1.48. The van der Waals surface area contributed by atoms with Gasteiger partial charge < -0.3 is 9.15 Å². The smallest absolute Gasteiger partial charge is 0.259 e. The number of halogens is 3. The van der Waals surface area contributed by atoms with E-state index in [4.69, 9.17) is 3.83 Å². The Bertz CT molecular complexity index is 599. The first-order valence-electron chi connectivity index (χ1n) is 5.25. The summed E-state index contributed by atoms with van der Waals surface area (Å²) in [5.41, 5.74) is 1.16. The Morgan fingerprint density at radius 1 is 1.00 bits per heavy atom. The van der Waals surface area contributed by atoms with E-state index in [1.54, 1.807) is 18.2 Å². The van der Waals surface area contributed by atoms with Crippen molar-refractivity contribution in [2.75, 3.05) is 5.32 Å². The predicted molar refractivity (Wildman–Crippen MR) is 85.8 cm³/mol. The zero-order valence-corrected chi connectivity index (χ0v) is 14.2. The van der Waals surface area contributed by atoms with Crippen LogP contribution in [0.2, 0.25) is 0 Å². The predicted octanol–water partition coefficient (Wildman–Crippen LogP) is 5.15. The van der Waals surface area contributed by atoms with E-state index in [2.05, 4.69) is 53.4 Å². The Balaban J connectivity index is 2.24. The number of anilines is 1. The molecule has 0 aliphatic heterocycles. The maximum absolute atomic E-state index is 12.2. The number of amides is 1. The lowest BCUT2D eigenvalue weighted by atomic mass is 10.2. The third-order valence-corrected chi connectivity index (χ3v) is 3.74. The molecule has 0 aliphatic rings. The summed E-state index contributed by atoms with van der Waals surface area (Å²) in [7, 11) is 0. The van der Waals surface area contributed by atoms with Crippen molar-refractivity contribution in [3.63, 3.8) is 0 Å². The van der Waals surface area contributed by atoms with Crippen molar-refractivity contribution in [1.82, 2.24) is 0 Å². The topological polar surface area (TPSA) is 38.3 Å². The van der Waals surface area contributed by atoms with Gasteiger partial charge >= 0.3 is 0 Å². The van der Waals surface area contributed by atoms with E-state index in [0.717, 1.165) is 8.95 Å². The van der Waals surface area contributed by atoms with Gasteiger partial charge in [0, 0.05) is 14.6 Å². The van der Waals surface area contributed by atoms with E-state index < -0.39 is 0 Å². The normalized spacial score (nSPS) is 10.1. The minimum atomic E-state index is -0.238. The van der Waals surface area contributed by atoms with Crippen LogP contribution in [0.4, 0.5) is 5.69 Å². The molecule has 0 fully saturated rings. The second-order valence-electron chi connectivity index (χ2n) is 3.68. The highest BCUT2D eigenvalue weighted by Gasteiger charge is 2.13. The number of carbonyl (C=O) groups is 1. The monoisotopic (exact) mass is 447 g/mol. The molecule has 1 amide bonds. The molecule has 98 valence electrons. The SMILES string of the molecule is O=C(Nc1ccc(Br)cc1)c1cc(Br)ccc1OBr. The van der Waals surface area contributed by atoms with Gasteiger partial charge in [-0.3, -0.25) is 4.79 Å². The van der Waals surface area contributed by atoms with Gasteiger partial charge in [0.15, 0.2) is 16.3 Å². The van der Waals surface area contributed by atoms with Gasteiger partial charge in [-0.1, -0.05) is 31.9 Å². The van der Waals surface area contributed by atoms with Gasteiger partial charge in [-0.2, -0.15) is 0 Å². The Kier molecular flexibility index (Phi) is 5.01. The fraction of sp³-hybridized carbons (Fsp3) is 0. The van der Waals surface area contributed by atoms with E-state index in [9.17, 15) is 4.79 Å². The summed E-state index contributed by atoms with van der Waals surface area (Å²) in [6, 6.07) is 12.5. The molecule has 19 heavy (non-hydrogen) atoms. The minimum Gasteiger partial charge on any atom is -0.417 e. The molecule has 0 radical (unpaired) electrons. The van der Waals surface area contributed by atoms with Crippen LogP contribution in [0.5, 0.6) is 5.75 Å². The van der Waals surface area contributed by atoms with Gasteiger partial charge in [0.1, 0.15) is 5.75 Å². The Morgan fingerprint density at radius 2 is 1.63 bits per heavy atom. The molecule has 2 rings (SSSR count). The molecule has 3 nitrogen and oxygen atoms in total. The zero-order valence-electron chi connectivity index (χ0n) is 9.49. The molecule has 2 aromatic rings. The van der Waals surface area contributed by atoms with Gasteiger partial charge in [0.25, 0.3) is 5.91 Å². The van der Waals surface area contributed by atoms with Crippen molar-refractivity contribution in [2.45, 2.75) is 0 Å². The van der Waals surface area contributed by atoms with Crippen LogP contribution in [-0.4, -0.2) is 5.91 Å². The summed E-state index contributed by atoms with van der Waals surface area (Å²) < 4.78 is 6.76. The van der Waals surface area contributed by atoms with Crippen LogP contribution < -0.4 is 9.15 Å². The van der Waals surface area contributed by atoms with Crippen LogP contribution >= 0.6 is 48.1 Å². The van der Waals surface area contributed by atoms with Crippen LogP contribution in [0.3, 0.4) is 0 Å². The second kappa shape index (κ2) is 6.54. The highest BCUT2D eigenvalue weighted by molar-refractivity contribution is 9.10. The number of rotatable bonds is 3. The number of hydrogen-bond acceptors (Lipinski definition) is 2. The summed E-state index contributed by atoms with van der Waals surface area (Å²) >= 11 is 9.57. The lowest BCUT2D eigenvalue weighted by molar-refractivity contribution is 0.102. The largest absolute Gasteiger partial charge is 0.417 e.